The van der Waals surface area contributed by atoms with E-state index in [4.69, 9.17) is 0 Å². The third-order valence-electron chi connectivity index (χ3n) is 2.66. The zero-order valence-corrected chi connectivity index (χ0v) is 11.1. The first-order chi connectivity index (χ1) is 9.00. The maximum absolute atomic E-state index is 12.6. The average molecular weight is 286 g/mol. The SMILES string of the molecule is CCN(Cc1cccs1)c1cccc(C(F)(F)F)n1. The fourth-order valence-corrected chi connectivity index (χ4v) is 2.42. The van der Waals surface area contributed by atoms with E-state index in [2.05, 4.69) is 4.98 Å². The molecule has 0 saturated carbocycles. The van der Waals surface area contributed by atoms with Gasteiger partial charge in [0.05, 0.1) is 6.54 Å². The largest absolute Gasteiger partial charge is 0.433 e. The van der Waals surface area contributed by atoms with E-state index in [0.717, 1.165) is 10.9 Å². The van der Waals surface area contributed by atoms with E-state index in [-0.39, 0.29) is 0 Å². The number of anilines is 1. The molecule has 0 aromatic carbocycles. The van der Waals surface area contributed by atoms with E-state index in [9.17, 15) is 13.2 Å². The van der Waals surface area contributed by atoms with Crippen molar-refractivity contribution in [3.8, 4) is 0 Å². The maximum atomic E-state index is 12.6. The van der Waals surface area contributed by atoms with Gasteiger partial charge in [0.25, 0.3) is 0 Å². The first-order valence-corrected chi connectivity index (χ1v) is 6.70. The molecule has 0 unspecified atom stereocenters. The molecule has 0 N–H and O–H groups in total. The monoisotopic (exact) mass is 286 g/mol. The number of halogens is 3. The fourth-order valence-electron chi connectivity index (χ4n) is 1.70. The van der Waals surface area contributed by atoms with Crippen LogP contribution in [0.2, 0.25) is 0 Å². The minimum Gasteiger partial charge on any atom is -0.352 e. The predicted octanol–water partition coefficient (Wildman–Crippen LogP) is 4.19. The van der Waals surface area contributed by atoms with E-state index in [1.54, 1.807) is 17.4 Å². The second-order valence-corrected chi connectivity index (χ2v) is 5.00. The second kappa shape index (κ2) is 5.61. The van der Waals surface area contributed by atoms with Gasteiger partial charge in [-0.15, -0.1) is 11.3 Å². The third kappa shape index (κ3) is 3.47. The summed E-state index contributed by atoms with van der Waals surface area (Å²) in [4.78, 5) is 6.62. The van der Waals surface area contributed by atoms with E-state index in [0.29, 0.717) is 18.9 Å². The van der Waals surface area contributed by atoms with Crippen molar-refractivity contribution in [2.24, 2.45) is 0 Å². The quantitative estimate of drug-likeness (QED) is 0.838. The van der Waals surface area contributed by atoms with Crippen LogP contribution in [0.25, 0.3) is 0 Å². The molecule has 6 heteroatoms. The minimum atomic E-state index is -4.40. The van der Waals surface area contributed by atoms with Crippen LogP contribution in [0.4, 0.5) is 19.0 Å². The zero-order valence-electron chi connectivity index (χ0n) is 10.3. The third-order valence-corrected chi connectivity index (χ3v) is 3.52. The summed E-state index contributed by atoms with van der Waals surface area (Å²) in [5, 5.41) is 1.95. The molecule has 102 valence electrons. The van der Waals surface area contributed by atoms with Crippen LogP contribution in [0.3, 0.4) is 0 Å². The summed E-state index contributed by atoms with van der Waals surface area (Å²) in [6.07, 6.45) is -4.40. The van der Waals surface area contributed by atoms with Crippen LogP contribution in [-0.4, -0.2) is 11.5 Å². The molecule has 0 aliphatic rings. The Balaban J connectivity index is 2.23. The summed E-state index contributed by atoms with van der Waals surface area (Å²) in [6, 6.07) is 7.87. The molecule has 0 aliphatic heterocycles. The molecule has 0 atom stereocenters. The molecule has 2 rings (SSSR count). The van der Waals surface area contributed by atoms with Gasteiger partial charge in [0, 0.05) is 11.4 Å². The number of rotatable bonds is 4. The zero-order chi connectivity index (χ0) is 13.9. The molecule has 0 amide bonds. The summed E-state index contributed by atoms with van der Waals surface area (Å²) in [5.41, 5.74) is -0.852. The molecule has 0 bridgehead atoms. The highest BCUT2D eigenvalue weighted by Gasteiger charge is 2.32. The molecule has 19 heavy (non-hydrogen) atoms. The first-order valence-electron chi connectivity index (χ1n) is 5.82. The summed E-state index contributed by atoms with van der Waals surface area (Å²) in [6.45, 7) is 3.07. The van der Waals surface area contributed by atoms with Crippen LogP contribution in [0.5, 0.6) is 0 Å². The van der Waals surface area contributed by atoms with Gasteiger partial charge < -0.3 is 4.90 Å². The standard InChI is InChI=1S/C13H13F3N2S/c1-2-18(9-10-5-4-8-19-10)12-7-3-6-11(17-12)13(14,15)16/h3-8H,2,9H2,1H3. The van der Waals surface area contributed by atoms with E-state index >= 15 is 0 Å². The molecule has 0 radical (unpaired) electrons. The summed E-state index contributed by atoms with van der Waals surface area (Å²) in [7, 11) is 0. The average Bonchev–Trinajstić information content (AvgIpc) is 2.88. The van der Waals surface area contributed by atoms with Crippen molar-refractivity contribution in [3.05, 3.63) is 46.3 Å². The molecule has 0 fully saturated rings. The van der Waals surface area contributed by atoms with Gasteiger partial charge >= 0.3 is 6.18 Å². The number of thiophene rings is 1. The topological polar surface area (TPSA) is 16.1 Å². The molecule has 2 nitrogen and oxygen atoms in total. The van der Waals surface area contributed by atoms with E-state index in [1.807, 2.05) is 29.3 Å². The first kappa shape index (κ1) is 13.9. The van der Waals surface area contributed by atoms with Gasteiger partial charge in [-0.2, -0.15) is 13.2 Å². The van der Waals surface area contributed by atoms with Crippen molar-refractivity contribution in [3.63, 3.8) is 0 Å². The van der Waals surface area contributed by atoms with Crippen molar-refractivity contribution in [1.82, 2.24) is 4.98 Å². The van der Waals surface area contributed by atoms with Gasteiger partial charge in [-0.3, -0.25) is 0 Å². The van der Waals surface area contributed by atoms with Crippen LogP contribution in [0.1, 0.15) is 17.5 Å². The van der Waals surface area contributed by atoms with Gasteiger partial charge in [-0.25, -0.2) is 4.98 Å². The van der Waals surface area contributed by atoms with E-state index in [1.165, 1.54) is 6.07 Å². The van der Waals surface area contributed by atoms with Crippen LogP contribution in [0, 0.1) is 0 Å². The Morgan fingerprint density at radius 1 is 1.21 bits per heavy atom. The van der Waals surface area contributed by atoms with Crippen molar-refractivity contribution < 1.29 is 13.2 Å². The Kier molecular flexibility index (Phi) is 4.09. The molecule has 2 heterocycles. The maximum Gasteiger partial charge on any atom is 0.433 e. The van der Waals surface area contributed by atoms with Crippen molar-refractivity contribution in [2.45, 2.75) is 19.6 Å². The Hall–Kier alpha value is -1.56. The normalized spacial score (nSPS) is 11.6. The lowest BCUT2D eigenvalue weighted by molar-refractivity contribution is -0.141. The highest BCUT2D eigenvalue weighted by atomic mass is 32.1. The molecular formula is C13H13F3N2S. The highest BCUT2D eigenvalue weighted by Crippen LogP contribution is 2.29. The van der Waals surface area contributed by atoms with E-state index < -0.39 is 11.9 Å². The minimum absolute atomic E-state index is 0.353. The number of alkyl halides is 3. The van der Waals surface area contributed by atoms with Gasteiger partial charge in [0.2, 0.25) is 0 Å². The number of aromatic nitrogens is 1. The number of pyridine rings is 1. The van der Waals surface area contributed by atoms with Crippen molar-refractivity contribution in [2.75, 3.05) is 11.4 Å². The summed E-state index contributed by atoms with van der Waals surface area (Å²) in [5.74, 6) is 0.353. The number of nitrogens with zero attached hydrogens (tertiary/aromatic N) is 2. The molecule has 2 aromatic rings. The van der Waals surface area contributed by atoms with Crippen molar-refractivity contribution >= 4 is 17.2 Å². The van der Waals surface area contributed by atoms with Crippen LogP contribution >= 0.6 is 11.3 Å². The molecular weight excluding hydrogens is 273 g/mol. The molecule has 0 spiro atoms. The lowest BCUT2D eigenvalue weighted by atomic mass is 10.3. The summed E-state index contributed by atoms with van der Waals surface area (Å²) < 4.78 is 37.9. The highest BCUT2D eigenvalue weighted by molar-refractivity contribution is 7.09. The van der Waals surface area contributed by atoms with Gasteiger partial charge in [0.15, 0.2) is 0 Å². The second-order valence-electron chi connectivity index (χ2n) is 3.97. The molecule has 2 aromatic heterocycles. The van der Waals surface area contributed by atoms with Gasteiger partial charge in [0.1, 0.15) is 11.5 Å². The Morgan fingerprint density at radius 2 is 2.00 bits per heavy atom. The Labute approximate surface area is 113 Å². The molecule has 0 saturated heterocycles. The molecule has 0 aliphatic carbocycles. The van der Waals surface area contributed by atoms with Gasteiger partial charge in [-0.1, -0.05) is 12.1 Å². The fraction of sp³-hybridized carbons (Fsp3) is 0.308. The lowest BCUT2D eigenvalue weighted by Gasteiger charge is -2.22. The lowest BCUT2D eigenvalue weighted by Crippen LogP contribution is -2.23. The van der Waals surface area contributed by atoms with Crippen molar-refractivity contribution in [1.29, 1.82) is 0 Å². The number of hydrogen-bond donors (Lipinski definition) is 0. The smallest absolute Gasteiger partial charge is 0.352 e. The van der Waals surface area contributed by atoms with Crippen LogP contribution in [0.15, 0.2) is 35.7 Å². The van der Waals surface area contributed by atoms with Crippen LogP contribution in [-0.2, 0) is 12.7 Å². The predicted molar refractivity (Wildman–Crippen MR) is 70.3 cm³/mol. The Bertz CT molecular complexity index is 523. The summed E-state index contributed by atoms with van der Waals surface area (Å²) >= 11 is 1.58. The van der Waals surface area contributed by atoms with Gasteiger partial charge in [-0.05, 0) is 30.5 Å². The Morgan fingerprint density at radius 3 is 2.58 bits per heavy atom. The van der Waals surface area contributed by atoms with Crippen LogP contribution < -0.4 is 4.90 Å². The number of hydrogen-bond acceptors (Lipinski definition) is 3.